The van der Waals surface area contributed by atoms with Gasteiger partial charge in [0.05, 0.1) is 0 Å². The SMILES string of the molecule is CC(C)(C)c1ccc2[nH]c(=O)ccc2c1. The molecule has 2 aromatic rings. The van der Waals surface area contributed by atoms with Gasteiger partial charge in [-0.3, -0.25) is 4.79 Å². The number of fused-ring (bicyclic) bond motifs is 1. The Morgan fingerprint density at radius 3 is 2.47 bits per heavy atom. The Morgan fingerprint density at radius 1 is 1.07 bits per heavy atom. The summed E-state index contributed by atoms with van der Waals surface area (Å²) < 4.78 is 0. The van der Waals surface area contributed by atoms with Crippen molar-refractivity contribution < 1.29 is 0 Å². The number of nitrogens with one attached hydrogen (secondary N) is 1. The Morgan fingerprint density at radius 2 is 1.80 bits per heavy atom. The summed E-state index contributed by atoms with van der Waals surface area (Å²) in [4.78, 5) is 13.9. The van der Waals surface area contributed by atoms with Crippen LogP contribution >= 0.6 is 0 Å². The molecular formula is C13H15NO. The van der Waals surface area contributed by atoms with E-state index in [-0.39, 0.29) is 11.0 Å². The summed E-state index contributed by atoms with van der Waals surface area (Å²) in [5.41, 5.74) is 2.27. The third-order valence-corrected chi connectivity index (χ3v) is 2.59. The van der Waals surface area contributed by atoms with E-state index in [9.17, 15) is 4.79 Å². The van der Waals surface area contributed by atoms with Crippen molar-refractivity contribution in [3.63, 3.8) is 0 Å². The van der Waals surface area contributed by atoms with E-state index in [0.717, 1.165) is 10.9 Å². The minimum Gasteiger partial charge on any atom is -0.322 e. The van der Waals surface area contributed by atoms with Crippen LogP contribution in [0.15, 0.2) is 35.1 Å². The fourth-order valence-electron chi connectivity index (χ4n) is 1.62. The average Bonchev–Trinajstić information content (AvgIpc) is 2.15. The summed E-state index contributed by atoms with van der Waals surface area (Å²) in [5, 5.41) is 1.09. The predicted octanol–water partition coefficient (Wildman–Crippen LogP) is 2.83. The monoisotopic (exact) mass is 201 g/mol. The maximum Gasteiger partial charge on any atom is 0.248 e. The van der Waals surface area contributed by atoms with E-state index < -0.39 is 0 Å². The Balaban J connectivity index is 2.67. The zero-order chi connectivity index (χ0) is 11.1. The molecular weight excluding hydrogens is 186 g/mol. The van der Waals surface area contributed by atoms with Crippen molar-refractivity contribution in [1.82, 2.24) is 4.98 Å². The largest absolute Gasteiger partial charge is 0.322 e. The maximum absolute atomic E-state index is 11.1. The Kier molecular flexibility index (Phi) is 2.14. The van der Waals surface area contributed by atoms with E-state index in [1.54, 1.807) is 6.07 Å². The Hall–Kier alpha value is -1.57. The maximum atomic E-state index is 11.1. The molecule has 0 bridgehead atoms. The van der Waals surface area contributed by atoms with Crippen LogP contribution in [0.1, 0.15) is 26.3 Å². The van der Waals surface area contributed by atoms with E-state index in [4.69, 9.17) is 0 Å². The van der Waals surface area contributed by atoms with Crippen molar-refractivity contribution in [2.45, 2.75) is 26.2 Å². The molecule has 1 aromatic heterocycles. The minimum atomic E-state index is -0.0500. The molecule has 0 aliphatic heterocycles. The summed E-state index contributed by atoms with van der Waals surface area (Å²) in [6, 6.07) is 9.60. The molecule has 0 unspecified atom stereocenters. The zero-order valence-electron chi connectivity index (χ0n) is 9.29. The third-order valence-electron chi connectivity index (χ3n) is 2.59. The lowest BCUT2D eigenvalue weighted by Crippen LogP contribution is -2.11. The topological polar surface area (TPSA) is 32.9 Å². The van der Waals surface area contributed by atoms with Crippen molar-refractivity contribution in [2.75, 3.05) is 0 Å². The molecule has 0 aliphatic carbocycles. The molecule has 0 saturated heterocycles. The fourth-order valence-corrected chi connectivity index (χ4v) is 1.62. The number of hydrogen-bond acceptors (Lipinski definition) is 1. The number of H-pyrrole nitrogens is 1. The predicted molar refractivity (Wildman–Crippen MR) is 63.3 cm³/mol. The van der Waals surface area contributed by atoms with E-state index in [0.29, 0.717) is 0 Å². The van der Waals surface area contributed by atoms with Gasteiger partial charge in [0.25, 0.3) is 0 Å². The second-order valence-electron chi connectivity index (χ2n) is 4.87. The first-order chi connectivity index (χ1) is 6.97. The van der Waals surface area contributed by atoms with Gasteiger partial charge in [-0.25, -0.2) is 0 Å². The molecule has 2 nitrogen and oxygen atoms in total. The molecule has 0 amide bonds. The molecule has 15 heavy (non-hydrogen) atoms. The molecule has 1 aromatic carbocycles. The van der Waals surface area contributed by atoms with Crippen molar-refractivity contribution in [3.05, 3.63) is 46.2 Å². The van der Waals surface area contributed by atoms with Gasteiger partial charge in [-0.05, 0) is 34.6 Å². The van der Waals surface area contributed by atoms with Crippen molar-refractivity contribution in [2.24, 2.45) is 0 Å². The van der Waals surface area contributed by atoms with Gasteiger partial charge in [0.1, 0.15) is 0 Å². The summed E-state index contributed by atoms with van der Waals surface area (Å²) >= 11 is 0. The Bertz CT molecular complexity index is 546. The third kappa shape index (κ3) is 1.94. The molecule has 0 spiro atoms. The minimum absolute atomic E-state index is 0.0500. The molecule has 2 rings (SSSR count). The highest BCUT2D eigenvalue weighted by Gasteiger charge is 2.13. The Labute approximate surface area is 89.0 Å². The number of benzene rings is 1. The van der Waals surface area contributed by atoms with Crippen LogP contribution in [0.5, 0.6) is 0 Å². The second-order valence-corrected chi connectivity index (χ2v) is 4.87. The first kappa shape index (κ1) is 9.97. The first-order valence-electron chi connectivity index (χ1n) is 5.10. The second kappa shape index (κ2) is 3.23. The van der Waals surface area contributed by atoms with Gasteiger partial charge in [-0.2, -0.15) is 0 Å². The van der Waals surface area contributed by atoms with Crippen LogP contribution in [0.4, 0.5) is 0 Å². The van der Waals surface area contributed by atoms with Crippen LogP contribution in [-0.2, 0) is 5.41 Å². The number of hydrogen-bond donors (Lipinski definition) is 1. The molecule has 0 saturated carbocycles. The zero-order valence-corrected chi connectivity index (χ0v) is 9.29. The van der Waals surface area contributed by atoms with Crippen molar-refractivity contribution >= 4 is 10.9 Å². The summed E-state index contributed by atoms with van der Waals surface area (Å²) in [7, 11) is 0. The van der Waals surface area contributed by atoms with Gasteiger partial charge >= 0.3 is 0 Å². The summed E-state index contributed by atoms with van der Waals surface area (Å²) in [5.74, 6) is 0. The smallest absolute Gasteiger partial charge is 0.248 e. The van der Waals surface area contributed by atoms with Crippen LogP contribution in [0.3, 0.4) is 0 Å². The lowest BCUT2D eigenvalue weighted by molar-refractivity contribution is 0.591. The quantitative estimate of drug-likeness (QED) is 0.698. The fraction of sp³-hybridized carbons (Fsp3) is 0.308. The molecule has 0 fully saturated rings. The van der Waals surface area contributed by atoms with E-state index in [1.165, 1.54) is 5.56 Å². The average molecular weight is 201 g/mol. The highest BCUT2D eigenvalue weighted by atomic mass is 16.1. The number of rotatable bonds is 0. The van der Waals surface area contributed by atoms with Gasteiger partial charge in [-0.1, -0.05) is 26.8 Å². The molecule has 0 atom stereocenters. The molecule has 1 heterocycles. The van der Waals surface area contributed by atoms with Gasteiger partial charge in [0, 0.05) is 11.6 Å². The van der Waals surface area contributed by atoms with Gasteiger partial charge in [0.2, 0.25) is 5.56 Å². The van der Waals surface area contributed by atoms with Gasteiger partial charge in [0.15, 0.2) is 0 Å². The van der Waals surface area contributed by atoms with Crippen LogP contribution in [0.25, 0.3) is 10.9 Å². The number of pyridine rings is 1. The lowest BCUT2D eigenvalue weighted by Gasteiger charge is -2.19. The van der Waals surface area contributed by atoms with Gasteiger partial charge in [-0.15, -0.1) is 0 Å². The molecule has 1 N–H and O–H groups in total. The van der Waals surface area contributed by atoms with Gasteiger partial charge < -0.3 is 4.98 Å². The van der Waals surface area contributed by atoms with E-state index in [2.05, 4.69) is 37.9 Å². The van der Waals surface area contributed by atoms with Crippen LogP contribution in [0.2, 0.25) is 0 Å². The van der Waals surface area contributed by atoms with E-state index in [1.807, 2.05) is 12.1 Å². The molecule has 0 aliphatic rings. The van der Waals surface area contributed by atoms with Crippen LogP contribution in [0, 0.1) is 0 Å². The normalized spacial score (nSPS) is 11.9. The number of aromatic amines is 1. The lowest BCUT2D eigenvalue weighted by atomic mass is 9.86. The molecule has 2 heteroatoms. The van der Waals surface area contributed by atoms with Crippen LogP contribution in [-0.4, -0.2) is 4.98 Å². The highest BCUT2D eigenvalue weighted by molar-refractivity contribution is 5.79. The first-order valence-corrected chi connectivity index (χ1v) is 5.10. The van der Waals surface area contributed by atoms with Crippen molar-refractivity contribution in [3.8, 4) is 0 Å². The summed E-state index contributed by atoms with van der Waals surface area (Å²) in [6.45, 7) is 6.54. The number of aromatic nitrogens is 1. The van der Waals surface area contributed by atoms with Crippen molar-refractivity contribution in [1.29, 1.82) is 0 Å². The van der Waals surface area contributed by atoms with Crippen LogP contribution < -0.4 is 5.56 Å². The molecule has 78 valence electrons. The standard InChI is InChI=1S/C13H15NO/c1-13(2,3)10-5-6-11-9(8-10)4-7-12(15)14-11/h4-8H,1-3H3,(H,14,15). The highest BCUT2D eigenvalue weighted by Crippen LogP contribution is 2.24. The summed E-state index contributed by atoms with van der Waals surface area (Å²) in [6.07, 6.45) is 0. The molecule has 0 radical (unpaired) electrons. The van der Waals surface area contributed by atoms with E-state index >= 15 is 0 Å².